The molecule has 5 unspecified atom stereocenters. The predicted octanol–water partition coefficient (Wildman–Crippen LogP) is 8.86. The summed E-state index contributed by atoms with van der Waals surface area (Å²) < 4.78 is 75.0. The summed E-state index contributed by atoms with van der Waals surface area (Å²) in [6, 6.07) is 6.11. The number of nitrogens with zero attached hydrogens (tertiary/aromatic N) is 1. The van der Waals surface area contributed by atoms with Gasteiger partial charge in [-0.2, -0.15) is 22.0 Å². The van der Waals surface area contributed by atoms with Crippen LogP contribution < -0.4 is 0 Å². The minimum absolute atomic E-state index is 0.122. The van der Waals surface area contributed by atoms with E-state index in [4.69, 9.17) is 0 Å². The molecule has 1 aromatic rings. The number of phenolic OH excluding ortho intramolecular Hbond substituents is 1. The van der Waals surface area contributed by atoms with Gasteiger partial charge < -0.3 is 10.0 Å². The molecule has 244 valence electrons. The summed E-state index contributed by atoms with van der Waals surface area (Å²) in [4.78, 5) is 2.20. The van der Waals surface area contributed by atoms with Gasteiger partial charge in [-0.05, 0) is 149 Å². The zero-order chi connectivity index (χ0) is 31.0. The largest absolute Gasteiger partial charge is 0.508 e. The van der Waals surface area contributed by atoms with Gasteiger partial charge >= 0.3 is 12.1 Å². The number of hydrogen-bond acceptors (Lipinski definition) is 3. The number of unbranched alkanes of at least 4 members (excludes halogenated alkanes) is 2. The van der Waals surface area contributed by atoms with Crippen molar-refractivity contribution in [2.24, 2.45) is 28.6 Å². The van der Waals surface area contributed by atoms with Crippen LogP contribution in [-0.2, 0) is 17.2 Å². The van der Waals surface area contributed by atoms with Gasteiger partial charge in [0.25, 0.3) is 0 Å². The molecular formula is C34H50F5NO2S. The average Bonchev–Trinajstić information content (AvgIpc) is 3.67. The van der Waals surface area contributed by atoms with Crippen molar-refractivity contribution in [3.05, 3.63) is 29.3 Å². The Morgan fingerprint density at radius 3 is 2.40 bits per heavy atom. The van der Waals surface area contributed by atoms with Gasteiger partial charge in [0, 0.05) is 28.7 Å². The molecule has 0 aliphatic heterocycles. The van der Waals surface area contributed by atoms with Crippen LogP contribution in [0.4, 0.5) is 22.0 Å². The van der Waals surface area contributed by atoms with E-state index in [1.54, 1.807) is 0 Å². The minimum Gasteiger partial charge on any atom is -0.508 e. The van der Waals surface area contributed by atoms with Crippen LogP contribution in [0.5, 0.6) is 5.75 Å². The molecule has 0 radical (unpaired) electrons. The Hall–Kier alpha value is -1.22. The molecule has 1 spiro atoms. The highest BCUT2D eigenvalue weighted by molar-refractivity contribution is 7.84. The summed E-state index contributed by atoms with van der Waals surface area (Å²) >= 11 is 0. The van der Waals surface area contributed by atoms with Crippen molar-refractivity contribution >= 4 is 10.8 Å². The van der Waals surface area contributed by atoms with E-state index in [0.29, 0.717) is 40.6 Å². The smallest absolute Gasteiger partial charge is 0.453 e. The summed E-state index contributed by atoms with van der Waals surface area (Å²) in [7, 11) is 0.647. The number of hydrogen-bond donors (Lipinski definition) is 1. The zero-order valence-corrected chi connectivity index (χ0v) is 26.7. The van der Waals surface area contributed by atoms with E-state index >= 15 is 0 Å². The Kier molecular flexibility index (Phi) is 9.93. The molecule has 3 fully saturated rings. The second-order valence-electron chi connectivity index (χ2n) is 14.6. The van der Waals surface area contributed by atoms with Crippen LogP contribution in [-0.4, -0.2) is 58.0 Å². The Balaban J connectivity index is 1.04. The third kappa shape index (κ3) is 6.97. The van der Waals surface area contributed by atoms with Crippen molar-refractivity contribution < 1.29 is 31.3 Å². The summed E-state index contributed by atoms with van der Waals surface area (Å²) in [6.07, 6.45) is 7.40. The van der Waals surface area contributed by atoms with Crippen molar-refractivity contribution in [3.8, 4) is 5.75 Å². The maximum absolute atomic E-state index is 13.0. The lowest BCUT2D eigenvalue weighted by molar-refractivity contribution is -0.284. The van der Waals surface area contributed by atoms with Crippen LogP contribution in [0.25, 0.3) is 0 Å². The van der Waals surface area contributed by atoms with E-state index in [1.807, 2.05) is 19.2 Å². The van der Waals surface area contributed by atoms with Gasteiger partial charge in [0.1, 0.15) is 5.75 Å². The van der Waals surface area contributed by atoms with E-state index in [0.717, 1.165) is 44.2 Å². The molecule has 6 atom stereocenters. The normalized spacial score (nSPS) is 30.2. The molecule has 0 saturated heterocycles. The molecule has 43 heavy (non-hydrogen) atoms. The second-order valence-corrected chi connectivity index (χ2v) is 16.3. The zero-order valence-electron chi connectivity index (χ0n) is 25.9. The first-order valence-electron chi connectivity index (χ1n) is 16.6. The molecule has 5 rings (SSSR count). The lowest BCUT2D eigenvalue weighted by atomic mass is 9.50. The fraction of sp³-hybridized carbons (Fsp3) is 0.824. The molecule has 0 heterocycles. The van der Waals surface area contributed by atoms with Crippen molar-refractivity contribution in [1.29, 1.82) is 0 Å². The molecule has 4 aliphatic carbocycles. The van der Waals surface area contributed by atoms with Crippen molar-refractivity contribution in [2.45, 2.75) is 115 Å². The van der Waals surface area contributed by atoms with Gasteiger partial charge in [-0.1, -0.05) is 25.8 Å². The first kappa shape index (κ1) is 33.2. The predicted molar refractivity (Wildman–Crippen MR) is 162 cm³/mol. The van der Waals surface area contributed by atoms with E-state index in [1.165, 1.54) is 62.5 Å². The first-order chi connectivity index (χ1) is 20.3. The lowest BCUT2D eigenvalue weighted by Gasteiger charge is -2.54. The highest BCUT2D eigenvalue weighted by atomic mass is 32.2. The van der Waals surface area contributed by atoms with Gasteiger partial charge in [0.05, 0.1) is 0 Å². The summed E-state index contributed by atoms with van der Waals surface area (Å²) in [5, 5.41) is 10.2. The van der Waals surface area contributed by atoms with E-state index in [-0.39, 0.29) is 5.75 Å². The first-order valence-corrected chi connectivity index (χ1v) is 18.0. The minimum atomic E-state index is -5.54. The Morgan fingerprint density at radius 1 is 0.953 bits per heavy atom. The number of benzene rings is 1. The molecule has 1 aromatic carbocycles. The Labute approximate surface area is 256 Å². The summed E-state index contributed by atoms with van der Waals surface area (Å²) in [5.41, 5.74) is 3.99. The third-order valence-electron chi connectivity index (χ3n) is 12.1. The van der Waals surface area contributed by atoms with Gasteiger partial charge in [-0.15, -0.1) is 0 Å². The Bertz CT molecular complexity index is 1140. The van der Waals surface area contributed by atoms with Gasteiger partial charge in [0.15, 0.2) is 0 Å². The van der Waals surface area contributed by atoms with Gasteiger partial charge in [0.2, 0.25) is 0 Å². The maximum Gasteiger partial charge on any atom is 0.453 e. The number of aromatic hydroxyl groups is 1. The number of rotatable bonds is 14. The number of phenols is 1. The molecule has 3 saturated carbocycles. The van der Waals surface area contributed by atoms with Crippen LogP contribution in [0.3, 0.4) is 0 Å². The van der Waals surface area contributed by atoms with E-state index in [9.17, 15) is 31.3 Å². The topological polar surface area (TPSA) is 40.5 Å². The van der Waals surface area contributed by atoms with Crippen LogP contribution in [0.2, 0.25) is 0 Å². The molecular weight excluding hydrogens is 581 g/mol. The van der Waals surface area contributed by atoms with E-state index < -0.39 is 35.7 Å². The molecule has 9 heteroatoms. The molecule has 0 bridgehead atoms. The number of alkyl halides is 5. The SMILES string of the molecule is CN(CCCCCC1Cc2cc(O)ccc2C2CC[C@@]3(C)C(CCC34CC4)C12)CCCS(=O)CCCC(F)(F)C(F)(F)F. The summed E-state index contributed by atoms with van der Waals surface area (Å²) in [6.45, 7) is 4.29. The fourth-order valence-electron chi connectivity index (χ4n) is 9.53. The van der Waals surface area contributed by atoms with Crippen LogP contribution >= 0.6 is 0 Å². The molecule has 1 N–H and O–H groups in total. The highest BCUT2D eigenvalue weighted by Gasteiger charge is 2.67. The lowest BCUT2D eigenvalue weighted by Crippen LogP contribution is -2.46. The average molecular weight is 632 g/mol. The summed E-state index contributed by atoms with van der Waals surface area (Å²) in [5.74, 6) is -1.27. The number of halogens is 5. The second kappa shape index (κ2) is 12.9. The standard InChI is InChI=1S/C34H50F5NO2S/c1-31-14-11-28-27-10-9-26(41)23-25(27)22-24(30(28)29(31)12-15-32(31)16-17-32)8-4-3-5-18-40(2)19-7-21-43(42)20-6-13-33(35,36)34(37,38)39/h9-10,23-24,28-30,41H,3-8,11-22H2,1-2H3/t24?,28?,29?,30?,31-,43?/m0/s1. The highest BCUT2D eigenvalue weighted by Crippen LogP contribution is 2.76. The maximum atomic E-state index is 13.0. The quantitative estimate of drug-likeness (QED) is 0.165. The molecule has 0 amide bonds. The van der Waals surface area contributed by atoms with Crippen LogP contribution in [0.1, 0.15) is 107 Å². The monoisotopic (exact) mass is 631 g/mol. The third-order valence-corrected chi connectivity index (χ3v) is 13.6. The molecule has 3 nitrogen and oxygen atoms in total. The van der Waals surface area contributed by atoms with Crippen molar-refractivity contribution in [2.75, 3.05) is 31.6 Å². The van der Waals surface area contributed by atoms with Crippen molar-refractivity contribution in [3.63, 3.8) is 0 Å². The van der Waals surface area contributed by atoms with Gasteiger partial charge in [-0.3, -0.25) is 4.21 Å². The molecule has 4 aliphatic rings. The van der Waals surface area contributed by atoms with E-state index in [2.05, 4.69) is 17.9 Å². The van der Waals surface area contributed by atoms with Gasteiger partial charge in [-0.25, -0.2) is 0 Å². The Morgan fingerprint density at radius 2 is 1.67 bits per heavy atom. The van der Waals surface area contributed by atoms with Crippen LogP contribution in [0, 0.1) is 28.6 Å². The van der Waals surface area contributed by atoms with Crippen LogP contribution in [0.15, 0.2) is 18.2 Å². The van der Waals surface area contributed by atoms with Crippen molar-refractivity contribution in [1.82, 2.24) is 4.90 Å². The molecule has 0 aromatic heterocycles. The fourth-order valence-corrected chi connectivity index (χ4v) is 10.7. The number of fused-ring (bicyclic) bond motifs is 6.